The van der Waals surface area contributed by atoms with Crippen LogP contribution in [0.15, 0.2) is 0 Å². The maximum atomic E-state index is 5.36. The summed E-state index contributed by atoms with van der Waals surface area (Å²) in [5.41, 5.74) is 0. The molecule has 0 saturated carbocycles. The predicted molar refractivity (Wildman–Crippen MR) is 134 cm³/mol. The molecule has 1 unspecified atom stereocenters. The summed E-state index contributed by atoms with van der Waals surface area (Å²) in [6.07, 6.45) is 25.4. The van der Waals surface area contributed by atoms with Crippen LogP contribution in [0.2, 0.25) is 0 Å². The fraction of sp³-hybridized carbons (Fsp3) is 1.00. The third kappa shape index (κ3) is 16.9. The van der Waals surface area contributed by atoms with E-state index in [0.29, 0.717) is 0 Å². The first-order valence-corrected chi connectivity index (χ1v) is 13.6. The molecule has 0 amide bonds. The van der Waals surface area contributed by atoms with Crippen molar-refractivity contribution in [1.82, 2.24) is 0 Å². The highest BCUT2D eigenvalue weighted by Crippen LogP contribution is 2.24. The molecule has 0 saturated heterocycles. The molecule has 0 rings (SSSR count). The maximum Gasteiger partial charge on any atom is 0.282 e. The Balaban J connectivity index is 3.74. The summed E-state index contributed by atoms with van der Waals surface area (Å²) in [5.74, 6) is 1.12. The number of hydrogen-bond donors (Lipinski definition) is 1. The molecule has 3 nitrogen and oxygen atoms in total. The maximum absolute atomic E-state index is 5.36. The number of hydrogen-bond acceptors (Lipinski definition) is 4. The fourth-order valence-corrected chi connectivity index (χ4v) is 4.60. The van der Waals surface area contributed by atoms with Gasteiger partial charge in [0.15, 0.2) is 0 Å². The van der Waals surface area contributed by atoms with E-state index in [9.17, 15) is 0 Å². The van der Waals surface area contributed by atoms with Crippen molar-refractivity contribution in [3.8, 4) is 0 Å². The van der Waals surface area contributed by atoms with Gasteiger partial charge in [0.25, 0.3) is 5.97 Å². The van der Waals surface area contributed by atoms with Crippen molar-refractivity contribution in [2.24, 2.45) is 5.92 Å². The van der Waals surface area contributed by atoms with Gasteiger partial charge in [0, 0.05) is 27.8 Å². The molecule has 4 heteroatoms. The Labute approximate surface area is 194 Å². The van der Waals surface area contributed by atoms with E-state index >= 15 is 0 Å². The lowest BCUT2D eigenvalue weighted by molar-refractivity contribution is -0.355. The summed E-state index contributed by atoms with van der Waals surface area (Å²) in [7, 11) is 4.93. The average molecular weight is 447 g/mol. The minimum Gasteiger partial charge on any atom is -0.331 e. The van der Waals surface area contributed by atoms with Crippen molar-refractivity contribution < 1.29 is 14.2 Å². The van der Waals surface area contributed by atoms with Gasteiger partial charge in [-0.05, 0) is 30.9 Å². The van der Waals surface area contributed by atoms with Gasteiger partial charge in [0.2, 0.25) is 0 Å². The summed E-state index contributed by atoms with van der Waals surface area (Å²) < 4.78 is 16.1. The van der Waals surface area contributed by atoms with Gasteiger partial charge < -0.3 is 14.2 Å². The quantitative estimate of drug-likeness (QED) is 0.0914. The zero-order valence-electron chi connectivity index (χ0n) is 20.9. The normalized spacial score (nSPS) is 13.1. The smallest absolute Gasteiger partial charge is 0.282 e. The first-order valence-electron chi connectivity index (χ1n) is 12.9. The van der Waals surface area contributed by atoms with Crippen LogP contribution < -0.4 is 0 Å². The molecule has 0 aliphatic rings. The van der Waals surface area contributed by atoms with Gasteiger partial charge in [0.05, 0.1) is 0 Å². The fourth-order valence-electron chi connectivity index (χ4n) is 4.42. The van der Waals surface area contributed by atoms with Crippen LogP contribution in [-0.2, 0) is 14.2 Å². The van der Waals surface area contributed by atoms with Crippen LogP contribution in [0.5, 0.6) is 0 Å². The Morgan fingerprint density at radius 3 is 1.40 bits per heavy atom. The highest BCUT2D eigenvalue weighted by atomic mass is 32.1. The number of rotatable bonds is 24. The average Bonchev–Trinajstić information content (AvgIpc) is 2.78. The molecule has 0 radical (unpaired) electrons. The lowest BCUT2D eigenvalue weighted by Gasteiger charge is -2.28. The molecule has 182 valence electrons. The van der Waals surface area contributed by atoms with Gasteiger partial charge in [-0.1, -0.05) is 103 Å². The van der Waals surface area contributed by atoms with E-state index < -0.39 is 5.97 Å². The highest BCUT2D eigenvalue weighted by molar-refractivity contribution is 7.80. The van der Waals surface area contributed by atoms with Crippen LogP contribution in [-0.4, -0.2) is 33.1 Å². The Morgan fingerprint density at radius 2 is 0.967 bits per heavy atom. The van der Waals surface area contributed by atoms with Gasteiger partial charge >= 0.3 is 0 Å². The van der Waals surface area contributed by atoms with E-state index in [2.05, 4.69) is 19.6 Å². The van der Waals surface area contributed by atoms with Crippen LogP contribution >= 0.6 is 12.6 Å². The van der Waals surface area contributed by atoms with Crippen molar-refractivity contribution in [3.63, 3.8) is 0 Å². The molecule has 0 aliphatic heterocycles. The van der Waals surface area contributed by atoms with Crippen LogP contribution in [0.1, 0.15) is 129 Å². The van der Waals surface area contributed by atoms with Gasteiger partial charge in [0.1, 0.15) is 0 Å². The standard InChI is InChI=1S/C26H54O3S/c1-5-6-7-8-9-10-13-16-20-25(22-19-24-30)21-17-14-11-12-15-18-23-26(27-2,28-3)29-4/h25,30H,5-24H2,1-4H3. The topological polar surface area (TPSA) is 27.7 Å². The van der Waals surface area contributed by atoms with Crippen LogP contribution in [0, 0.1) is 5.92 Å². The lowest BCUT2D eigenvalue weighted by Crippen LogP contribution is -2.35. The second-order valence-electron chi connectivity index (χ2n) is 8.95. The second-order valence-corrected chi connectivity index (χ2v) is 9.40. The van der Waals surface area contributed by atoms with E-state index in [1.54, 1.807) is 21.3 Å². The molecule has 0 spiro atoms. The van der Waals surface area contributed by atoms with Crippen molar-refractivity contribution >= 4 is 12.6 Å². The molecule has 0 heterocycles. The summed E-state index contributed by atoms with van der Waals surface area (Å²) >= 11 is 4.43. The Hall–Kier alpha value is 0.230. The molecule has 30 heavy (non-hydrogen) atoms. The molecule has 0 fully saturated rings. The zero-order chi connectivity index (χ0) is 22.3. The molecule has 0 bridgehead atoms. The monoisotopic (exact) mass is 446 g/mol. The van der Waals surface area contributed by atoms with Crippen LogP contribution in [0.4, 0.5) is 0 Å². The van der Waals surface area contributed by atoms with E-state index in [1.807, 2.05) is 0 Å². The van der Waals surface area contributed by atoms with Crippen molar-refractivity contribution in [2.45, 2.75) is 135 Å². The van der Waals surface area contributed by atoms with Gasteiger partial charge in [-0.3, -0.25) is 0 Å². The largest absolute Gasteiger partial charge is 0.331 e. The van der Waals surface area contributed by atoms with E-state index in [0.717, 1.165) is 24.5 Å². The zero-order valence-corrected chi connectivity index (χ0v) is 21.8. The van der Waals surface area contributed by atoms with Gasteiger partial charge in [-0.15, -0.1) is 0 Å². The molecule has 0 aliphatic carbocycles. The van der Waals surface area contributed by atoms with Crippen LogP contribution in [0.3, 0.4) is 0 Å². The lowest BCUT2D eigenvalue weighted by atomic mass is 9.90. The molecular formula is C26H54O3S. The Morgan fingerprint density at radius 1 is 0.567 bits per heavy atom. The number of unbranched alkanes of at least 4 members (excludes halogenated alkanes) is 12. The highest BCUT2D eigenvalue weighted by Gasteiger charge is 2.28. The first kappa shape index (κ1) is 30.2. The minimum absolute atomic E-state index is 0.793. The van der Waals surface area contributed by atoms with Gasteiger partial charge in [-0.2, -0.15) is 12.6 Å². The second kappa shape index (κ2) is 22.4. The molecular weight excluding hydrogens is 392 g/mol. The van der Waals surface area contributed by atoms with E-state index in [-0.39, 0.29) is 0 Å². The molecule has 0 aromatic carbocycles. The summed E-state index contributed by atoms with van der Waals surface area (Å²) in [4.78, 5) is 0. The van der Waals surface area contributed by atoms with E-state index in [1.165, 1.54) is 109 Å². The first-order chi connectivity index (χ1) is 14.7. The summed E-state index contributed by atoms with van der Waals surface area (Å²) in [6, 6.07) is 0. The van der Waals surface area contributed by atoms with Crippen molar-refractivity contribution in [2.75, 3.05) is 27.1 Å². The predicted octanol–water partition coefficient (Wildman–Crippen LogP) is 8.56. The Kier molecular flexibility index (Phi) is 22.6. The van der Waals surface area contributed by atoms with Crippen molar-refractivity contribution in [3.05, 3.63) is 0 Å². The summed E-state index contributed by atoms with van der Waals surface area (Å²) in [6.45, 7) is 2.29. The van der Waals surface area contributed by atoms with E-state index in [4.69, 9.17) is 14.2 Å². The SMILES string of the molecule is CCCCCCCCCCC(CCCS)CCCCCCCCC(OC)(OC)OC. The number of thiol groups is 1. The van der Waals surface area contributed by atoms with Crippen LogP contribution in [0.25, 0.3) is 0 Å². The Bertz CT molecular complexity index is 326. The molecule has 0 aromatic rings. The molecule has 1 atom stereocenters. The van der Waals surface area contributed by atoms with Gasteiger partial charge in [-0.25, -0.2) is 0 Å². The number of ether oxygens (including phenoxy) is 3. The molecule has 0 aromatic heterocycles. The number of methoxy groups -OCH3 is 3. The van der Waals surface area contributed by atoms with Crippen molar-refractivity contribution in [1.29, 1.82) is 0 Å². The summed E-state index contributed by atoms with van der Waals surface area (Å²) in [5, 5.41) is 0. The molecule has 0 N–H and O–H groups in total. The minimum atomic E-state index is -0.851. The third-order valence-corrected chi connectivity index (χ3v) is 6.83. The third-order valence-electron chi connectivity index (χ3n) is 6.51.